The van der Waals surface area contributed by atoms with E-state index in [4.69, 9.17) is 9.26 Å². The molecule has 3 aromatic rings. The number of hydrogen-bond acceptors (Lipinski definition) is 5. The van der Waals surface area contributed by atoms with E-state index in [1.165, 1.54) is 0 Å². The summed E-state index contributed by atoms with van der Waals surface area (Å²) in [5.74, 6) is -0.0736. The van der Waals surface area contributed by atoms with Crippen LogP contribution in [0.15, 0.2) is 53.1 Å². The number of ether oxygens (including phenoxy) is 1. The number of amides is 1. The monoisotopic (exact) mass is 364 g/mol. The number of carbonyl (C=O) groups is 2. The molecule has 0 bridgehead atoms. The van der Waals surface area contributed by atoms with Crippen LogP contribution < -0.4 is 0 Å². The van der Waals surface area contributed by atoms with Crippen molar-refractivity contribution in [2.45, 2.75) is 25.9 Å². The van der Waals surface area contributed by atoms with E-state index in [-0.39, 0.29) is 5.91 Å². The number of benzene rings is 2. The second kappa shape index (κ2) is 7.23. The molecule has 1 atom stereocenters. The lowest BCUT2D eigenvalue weighted by Gasteiger charge is -2.20. The summed E-state index contributed by atoms with van der Waals surface area (Å²) in [6.07, 6.45) is 1.19. The third kappa shape index (κ3) is 3.43. The molecule has 0 N–H and O–H groups in total. The fourth-order valence-corrected chi connectivity index (χ4v) is 3.34. The van der Waals surface area contributed by atoms with Crippen LogP contribution in [0.2, 0.25) is 0 Å². The first-order valence-electron chi connectivity index (χ1n) is 9.08. The van der Waals surface area contributed by atoms with Crippen molar-refractivity contribution in [2.24, 2.45) is 0 Å². The molecule has 1 aromatic heterocycles. The molecule has 6 nitrogen and oxygen atoms in total. The van der Waals surface area contributed by atoms with Gasteiger partial charge in [0.1, 0.15) is 5.52 Å². The summed E-state index contributed by atoms with van der Waals surface area (Å²) < 4.78 is 10.9. The molecule has 27 heavy (non-hydrogen) atoms. The molecule has 1 amide bonds. The third-order valence-corrected chi connectivity index (χ3v) is 4.80. The molecule has 2 heterocycles. The van der Waals surface area contributed by atoms with Crippen molar-refractivity contribution in [1.29, 1.82) is 0 Å². The predicted molar refractivity (Wildman–Crippen MR) is 100 cm³/mol. The molecule has 1 saturated heterocycles. The molecule has 0 spiro atoms. The van der Waals surface area contributed by atoms with Crippen LogP contribution in [0.1, 0.15) is 30.1 Å². The molecule has 1 unspecified atom stereocenters. The Hall–Kier alpha value is -3.15. The first kappa shape index (κ1) is 17.3. The van der Waals surface area contributed by atoms with Crippen LogP contribution >= 0.6 is 0 Å². The van der Waals surface area contributed by atoms with Crippen molar-refractivity contribution in [3.8, 4) is 11.3 Å². The normalized spacial score (nSPS) is 15.1. The zero-order chi connectivity index (χ0) is 18.8. The first-order valence-corrected chi connectivity index (χ1v) is 9.08. The van der Waals surface area contributed by atoms with E-state index in [0.717, 1.165) is 36.9 Å². The summed E-state index contributed by atoms with van der Waals surface area (Å²) >= 11 is 0. The summed E-state index contributed by atoms with van der Waals surface area (Å²) in [4.78, 5) is 26.6. The lowest BCUT2D eigenvalue weighted by atomic mass is 10.1. The van der Waals surface area contributed by atoms with E-state index in [1.807, 2.05) is 30.3 Å². The Balaban J connectivity index is 1.56. The topological polar surface area (TPSA) is 72.6 Å². The fraction of sp³-hybridized carbons (Fsp3) is 0.286. The number of likely N-dealkylation sites (tertiary alicyclic amines) is 1. The van der Waals surface area contributed by atoms with Crippen molar-refractivity contribution in [3.05, 3.63) is 54.1 Å². The smallest absolute Gasteiger partial charge is 0.338 e. The minimum Gasteiger partial charge on any atom is -0.449 e. The van der Waals surface area contributed by atoms with Crippen molar-refractivity contribution >= 4 is 22.8 Å². The molecule has 0 saturated carbocycles. The molecule has 0 aliphatic carbocycles. The van der Waals surface area contributed by atoms with Gasteiger partial charge >= 0.3 is 5.97 Å². The van der Waals surface area contributed by atoms with Gasteiger partial charge in [-0.2, -0.15) is 0 Å². The standard InChI is InChI=1S/C21H20N2O4/c1-14(20(24)23-11-5-6-12-23)26-21(25)16-9-10-18-17(13-16)19(27-22-18)15-7-3-2-4-8-15/h2-4,7-10,13-14H,5-6,11-12H2,1H3. The molecular formula is C21H20N2O4. The Labute approximate surface area is 156 Å². The summed E-state index contributed by atoms with van der Waals surface area (Å²) in [6, 6.07) is 14.6. The minimum absolute atomic E-state index is 0.142. The highest BCUT2D eigenvalue weighted by Gasteiger charge is 2.26. The van der Waals surface area contributed by atoms with E-state index in [9.17, 15) is 9.59 Å². The highest BCUT2D eigenvalue weighted by Crippen LogP contribution is 2.29. The van der Waals surface area contributed by atoms with Gasteiger partial charge < -0.3 is 14.2 Å². The van der Waals surface area contributed by atoms with E-state index >= 15 is 0 Å². The van der Waals surface area contributed by atoms with Gasteiger partial charge in [-0.25, -0.2) is 4.79 Å². The van der Waals surface area contributed by atoms with Crippen LogP contribution in [0.25, 0.3) is 22.2 Å². The zero-order valence-corrected chi connectivity index (χ0v) is 15.1. The Morgan fingerprint density at radius 1 is 1.11 bits per heavy atom. The van der Waals surface area contributed by atoms with Crippen molar-refractivity contribution in [3.63, 3.8) is 0 Å². The highest BCUT2D eigenvalue weighted by molar-refractivity contribution is 5.99. The first-order chi connectivity index (χ1) is 13.1. The molecule has 0 radical (unpaired) electrons. The van der Waals surface area contributed by atoms with Crippen LogP contribution in [0.5, 0.6) is 0 Å². The highest BCUT2D eigenvalue weighted by atomic mass is 16.5. The van der Waals surface area contributed by atoms with Gasteiger partial charge in [-0.3, -0.25) is 4.79 Å². The maximum absolute atomic E-state index is 12.5. The Morgan fingerprint density at radius 2 is 1.85 bits per heavy atom. The zero-order valence-electron chi connectivity index (χ0n) is 15.1. The van der Waals surface area contributed by atoms with Crippen molar-refractivity contribution < 1.29 is 18.8 Å². The summed E-state index contributed by atoms with van der Waals surface area (Å²) in [7, 11) is 0. The van der Waals surface area contributed by atoms with Crippen LogP contribution in [0.3, 0.4) is 0 Å². The van der Waals surface area contributed by atoms with Gasteiger partial charge in [-0.15, -0.1) is 0 Å². The Bertz CT molecular complexity index is 974. The van der Waals surface area contributed by atoms with Gasteiger partial charge in [0.05, 0.1) is 10.9 Å². The summed E-state index contributed by atoms with van der Waals surface area (Å²) in [5.41, 5.74) is 1.90. The van der Waals surface area contributed by atoms with Crippen molar-refractivity contribution in [2.75, 3.05) is 13.1 Å². The maximum Gasteiger partial charge on any atom is 0.338 e. The van der Waals surface area contributed by atoms with Crippen LogP contribution in [0, 0.1) is 0 Å². The van der Waals surface area contributed by atoms with Gasteiger partial charge in [-0.1, -0.05) is 35.5 Å². The second-order valence-corrected chi connectivity index (χ2v) is 6.69. The number of esters is 1. The number of hydrogen-bond donors (Lipinski definition) is 0. The number of rotatable bonds is 4. The summed E-state index contributed by atoms with van der Waals surface area (Å²) in [6.45, 7) is 3.08. The molecule has 1 aliphatic heterocycles. The van der Waals surface area contributed by atoms with Crippen LogP contribution in [0.4, 0.5) is 0 Å². The average molecular weight is 364 g/mol. The van der Waals surface area contributed by atoms with Gasteiger partial charge in [0, 0.05) is 18.7 Å². The van der Waals surface area contributed by atoms with Gasteiger partial charge in [-0.05, 0) is 38.0 Å². The van der Waals surface area contributed by atoms with E-state index < -0.39 is 12.1 Å². The molecule has 138 valence electrons. The molecular weight excluding hydrogens is 344 g/mol. The predicted octanol–water partition coefficient (Wildman–Crippen LogP) is 3.66. The van der Waals surface area contributed by atoms with Crippen molar-refractivity contribution in [1.82, 2.24) is 10.1 Å². The van der Waals surface area contributed by atoms with E-state index in [2.05, 4.69) is 5.16 Å². The van der Waals surface area contributed by atoms with Gasteiger partial charge in [0.2, 0.25) is 0 Å². The van der Waals surface area contributed by atoms with E-state index in [1.54, 1.807) is 30.0 Å². The Morgan fingerprint density at radius 3 is 2.59 bits per heavy atom. The number of fused-ring (bicyclic) bond motifs is 1. The SMILES string of the molecule is CC(OC(=O)c1ccc2noc(-c3ccccc3)c2c1)C(=O)N1CCCC1. The minimum atomic E-state index is -0.803. The second-order valence-electron chi connectivity index (χ2n) is 6.69. The lowest BCUT2D eigenvalue weighted by Crippen LogP contribution is -2.38. The molecule has 6 heteroatoms. The maximum atomic E-state index is 12.5. The molecule has 1 fully saturated rings. The number of aromatic nitrogens is 1. The van der Waals surface area contributed by atoms with Crippen LogP contribution in [-0.4, -0.2) is 41.1 Å². The molecule has 2 aromatic carbocycles. The largest absolute Gasteiger partial charge is 0.449 e. The number of carbonyl (C=O) groups excluding carboxylic acids is 2. The Kier molecular flexibility index (Phi) is 4.62. The lowest BCUT2D eigenvalue weighted by molar-refractivity contribution is -0.138. The third-order valence-electron chi connectivity index (χ3n) is 4.80. The number of nitrogens with zero attached hydrogens (tertiary/aromatic N) is 2. The molecule has 4 rings (SSSR count). The van der Waals surface area contributed by atoms with Crippen LogP contribution in [-0.2, 0) is 9.53 Å². The fourth-order valence-electron chi connectivity index (χ4n) is 3.34. The molecule has 1 aliphatic rings. The van der Waals surface area contributed by atoms with Gasteiger partial charge in [0.15, 0.2) is 11.9 Å². The summed E-state index contributed by atoms with van der Waals surface area (Å²) in [5, 5.41) is 4.78. The van der Waals surface area contributed by atoms with Gasteiger partial charge in [0.25, 0.3) is 5.91 Å². The quantitative estimate of drug-likeness (QED) is 0.661. The van der Waals surface area contributed by atoms with E-state index in [0.29, 0.717) is 16.8 Å². The average Bonchev–Trinajstić information content (AvgIpc) is 3.37.